The van der Waals surface area contributed by atoms with Crippen molar-refractivity contribution >= 4 is 17.8 Å². The van der Waals surface area contributed by atoms with Gasteiger partial charge in [-0.1, -0.05) is 120 Å². The minimum atomic E-state index is -0.216. The Morgan fingerprint density at radius 1 is 0.471 bits per heavy atom. The predicted octanol–water partition coefficient (Wildman–Crippen LogP) is 11.1. The van der Waals surface area contributed by atoms with Crippen LogP contribution in [0.2, 0.25) is 0 Å². The highest BCUT2D eigenvalue weighted by molar-refractivity contribution is 5.76. The monoisotopic (exact) mass is 715 g/mol. The fraction of sp³-hybridized carbons (Fsp3) is 0.750. The summed E-state index contributed by atoms with van der Waals surface area (Å²) in [6.45, 7) is 6.24. The molecular weight excluding hydrogens is 636 g/mol. The molecule has 0 unspecified atom stereocenters. The summed E-state index contributed by atoms with van der Waals surface area (Å²) in [5.74, 6) is -0.427. The first-order valence-electron chi connectivity index (χ1n) is 20.8. The molecule has 7 nitrogen and oxygen atoms in total. The Bertz CT molecular complexity index is 940. The van der Waals surface area contributed by atoms with Crippen LogP contribution in [0.5, 0.6) is 0 Å². The Kier molecular flexibility index (Phi) is 36.5. The van der Waals surface area contributed by atoms with Crippen molar-refractivity contribution in [3.63, 3.8) is 0 Å². The van der Waals surface area contributed by atoms with Crippen molar-refractivity contribution < 1.29 is 23.9 Å². The summed E-state index contributed by atoms with van der Waals surface area (Å²) in [6, 6.07) is 0. The number of carbonyl (C=O) groups is 3. The Morgan fingerprint density at radius 2 is 0.902 bits per heavy atom. The zero-order valence-corrected chi connectivity index (χ0v) is 33.6. The second kappa shape index (κ2) is 38.6. The largest absolute Gasteiger partial charge is 0.464 e. The number of carbonyl (C=O) groups excluding carboxylic acids is 3. The molecule has 1 amide bonds. The van der Waals surface area contributed by atoms with Crippen LogP contribution < -0.4 is 0 Å². The van der Waals surface area contributed by atoms with Crippen molar-refractivity contribution in [2.45, 2.75) is 168 Å². The van der Waals surface area contributed by atoms with Crippen molar-refractivity contribution in [1.29, 1.82) is 0 Å². The predicted molar refractivity (Wildman–Crippen MR) is 216 cm³/mol. The highest BCUT2D eigenvalue weighted by Crippen LogP contribution is 2.10. The molecular formula is C44H78N2O5. The number of hydrogen-bond donors (Lipinski definition) is 0. The van der Waals surface area contributed by atoms with Crippen LogP contribution in [0.15, 0.2) is 48.6 Å². The SMILES string of the molecule is CCCCC/C=C\C/C=C\CCCCCCCC(=O)OCCN(CCOC(=O)CCCCCC/C=C/C=C/CCCCC)C(=O)CCCN(C)C. The Balaban J connectivity index is 4.14. The van der Waals surface area contributed by atoms with Gasteiger partial charge in [0.15, 0.2) is 0 Å². The molecule has 7 heteroatoms. The smallest absolute Gasteiger partial charge is 0.305 e. The Labute approximate surface area is 314 Å². The van der Waals surface area contributed by atoms with Gasteiger partial charge < -0.3 is 19.3 Å². The van der Waals surface area contributed by atoms with E-state index in [0.29, 0.717) is 32.4 Å². The molecule has 0 atom stereocenters. The van der Waals surface area contributed by atoms with Gasteiger partial charge in [0.2, 0.25) is 5.91 Å². The maximum absolute atomic E-state index is 12.9. The van der Waals surface area contributed by atoms with E-state index < -0.39 is 0 Å². The lowest BCUT2D eigenvalue weighted by atomic mass is 10.1. The van der Waals surface area contributed by atoms with Gasteiger partial charge in [-0.3, -0.25) is 14.4 Å². The van der Waals surface area contributed by atoms with Crippen LogP contribution in [-0.2, 0) is 23.9 Å². The van der Waals surface area contributed by atoms with Crippen molar-refractivity contribution in [2.24, 2.45) is 0 Å². The number of unbranched alkanes of at least 4 members (excludes halogenated alkanes) is 15. The molecule has 0 rings (SSSR count). The van der Waals surface area contributed by atoms with Gasteiger partial charge in [0.25, 0.3) is 0 Å². The van der Waals surface area contributed by atoms with Gasteiger partial charge in [-0.2, -0.15) is 0 Å². The molecule has 294 valence electrons. The maximum atomic E-state index is 12.9. The lowest BCUT2D eigenvalue weighted by Gasteiger charge is -2.23. The zero-order valence-electron chi connectivity index (χ0n) is 33.6. The van der Waals surface area contributed by atoms with Crippen LogP contribution in [0.25, 0.3) is 0 Å². The molecule has 0 heterocycles. The third-order valence-electron chi connectivity index (χ3n) is 8.79. The lowest BCUT2D eigenvalue weighted by molar-refractivity contribution is -0.147. The first-order valence-corrected chi connectivity index (χ1v) is 20.8. The van der Waals surface area contributed by atoms with Gasteiger partial charge in [0, 0.05) is 19.3 Å². The molecule has 0 aromatic rings. The molecule has 0 spiro atoms. The third kappa shape index (κ3) is 36.9. The van der Waals surface area contributed by atoms with Crippen LogP contribution in [0, 0.1) is 0 Å². The van der Waals surface area contributed by atoms with Crippen molar-refractivity contribution in [1.82, 2.24) is 9.80 Å². The van der Waals surface area contributed by atoms with Crippen LogP contribution in [0.4, 0.5) is 0 Å². The minimum Gasteiger partial charge on any atom is -0.464 e. The van der Waals surface area contributed by atoms with E-state index in [-0.39, 0.29) is 31.1 Å². The van der Waals surface area contributed by atoms with E-state index in [4.69, 9.17) is 9.47 Å². The first kappa shape index (κ1) is 48.3. The van der Waals surface area contributed by atoms with Gasteiger partial charge in [-0.25, -0.2) is 0 Å². The molecule has 0 radical (unpaired) electrons. The number of nitrogens with zero attached hydrogens (tertiary/aromatic N) is 2. The second-order valence-corrected chi connectivity index (χ2v) is 14.0. The number of hydrogen-bond acceptors (Lipinski definition) is 6. The van der Waals surface area contributed by atoms with Gasteiger partial charge in [0.1, 0.15) is 13.2 Å². The van der Waals surface area contributed by atoms with Crippen molar-refractivity contribution in [3.05, 3.63) is 48.6 Å². The topological polar surface area (TPSA) is 76.1 Å². The van der Waals surface area contributed by atoms with Gasteiger partial charge in [-0.15, -0.1) is 0 Å². The number of amides is 1. The number of esters is 2. The molecule has 0 saturated heterocycles. The summed E-state index contributed by atoms with van der Waals surface area (Å²) in [7, 11) is 3.97. The summed E-state index contributed by atoms with van der Waals surface area (Å²) >= 11 is 0. The molecule has 0 aliphatic carbocycles. The van der Waals surface area contributed by atoms with Crippen LogP contribution >= 0.6 is 0 Å². The fourth-order valence-corrected chi connectivity index (χ4v) is 5.58. The molecule has 0 saturated carbocycles. The summed E-state index contributed by atoms with van der Waals surface area (Å²) in [5, 5.41) is 0. The highest BCUT2D eigenvalue weighted by Gasteiger charge is 2.15. The minimum absolute atomic E-state index is 0.00120. The third-order valence-corrected chi connectivity index (χ3v) is 8.79. The number of allylic oxidation sites excluding steroid dienone is 8. The van der Waals surface area contributed by atoms with E-state index in [1.165, 1.54) is 57.8 Å². The Morgan fingerprint density at radius 3 is 1.37 bits per heavy atom. The molecule has 0 N–H and O–H groups in total. The summed E-state index contributed by atoms with van der Waals surface area (Å²) < 4.78 is 10.9. The summed E-state index contributed by atoms with van der Waals surface area (Å²) in [6.07, 6.45) is 42.5. The lowest BCUT2D eigenvalue weighted by Crippen LogP contribution is -2.37. The number of rotatable bonds is 36. The van der Waals surface area contributed by atoms with E-state index in [1.807, 2.05) is 14.1 Å². The summed E-state index contributed by atoms with van der Waals surface area (Å²) in [5.41, 5.74) is 0. The Hall–Kier alpha value is -2.67. The van der Waals surface area contributed by atoms with E-state index in [1.54, 1.807) is 4.90 Å². The second-order valence-electron chi connectivity index (χ2n) is 14.0. The fourth-order valence-electron chi connectivity index (χ4n) is 5.58. The van der Waals surface area contributed by atoms with Crippen molar-refractivity contribution in [3.8, 4) is 0 Å². The first-order chi connectivity index (χ1) is 24.9. The van der Waals surface area contributed by atoms with Gasteiger partial charge in [0.05, 0.1) is 13.1 Å². The van der Waals surface area contributed by atoms with Gasteiger partial charge >= 0.3 is 11.9 Å². The molecule has 0 fully saturated rings. The normalized spacial score (nSPS) is 11.9. The van der Waals surface area contributed by atoms with E-state index in [9.17, 15) is 14.4 Å². The zero-order chi connectivity index (χ0) is 37.5. The van der Waals surface area contributed by atoms with E-state index in [2.05, 4.69) is 67.4 Å². The van der Waals surface area contributed by atoms with E-state index in [0.717, 1.165) is 83.6 Å². The van der Waals surface area contributed by atoms with Gasteiger partial charge in [-0.05, 0) is 97.7 Å². The standard InChI is InChI=1S/C44H78N2O5/c1-5-7-9-11-13-15-17-19-20-22-24-26-28-30-32-36-44(49)51-41-39-46(42(47)34-33-37-45(3)4)38-40-50-43(48)35-31-29-27-25-23-21-18-16-14-12-10-8-6-2/h13-16,18-21H,5-12,17,22-41H2,1-4H3/b15-13-,16-14+,20-19-,21-18+. The van der Waals surface area contributed by atoms with Crippen LogP contribution in [0.3, 0.4) is 0 Å². The highest BCUT2D eigenvalue weighted by atomic mass is 16.5. The molecule has 0 aliphatic rings. The summed E-state index contributed by atoms with van der Waals surface area (Å²) in [4.78, 5) is 41.3. The van der Waals surface area contributed by atoms with Crippen molar-refractivity contribution in [2.75, 3.05) is 46.9 Å². The van der Waals surface area contributed by atoms with Crippen LogP contribution in [-0.4, -0.2) is 74.6 Å². The number of ether oxygens (including phenoxy) is 2. The average Bonchev–Trinajstić information content (AvgIpc) is 3.11. The van der Waals surface area contributed by atoms with E-state index >= 15 is 0 Å². The average molecular weight is 715 g/mol. The molecule has 51 heavy (non-hydrogen) atoms. The molecule has 0 aromatic heterocycles. The maximum Gasteiger partial charge on any atom is 0.305 e. The molecule has 0 aliphatic heterocycles. The quantitative estimate of drug-likeness (QED) is 0.0278. The molecule has 0 aromatic carbocycles. The molecule has 0 bridgehead atoms. The van der Waals surface area contributed by atoms with Crippen LogP contribution in [0.1, 0.15) is 168 Å².